The van der Waals surface area contributed by atoms with Gasteiger partial charge in [-0.15, -0.1) is 0 Å². The number of aromatic amines is 1. The van der Waals surface area contributed by atoms with Crippen LogP contribution in [0, 0.1) is 5.41 Å². The number of nitrogens with two attached hydrogens (primary N) is 1. The van der Waals surface area contributed by atoms with Crippen LogP contribution in [0.2, 0.25) is 0 Å². The number of carbonyl (C=O) groups excluding carboxylic acids is 1. The predicted molar refractivity (Wildman–Crippen MR) is 87.1 cm³/mol. The molecule has 4 nitrogen and oxygen atoms in total. The second-order valence-electron chi connectivity index (χ2n) is 6.77. The molecule has 0 unspecified atom stereocenters. The SMILES string of the molecule is CC(C)(C)CCNC(=O)[C@H](N)Cc1c[nH]c2ccccc12. The number of carbonyl (C=O) groups is 1. The molecule has 2 rings (SSSR count). The van der Waals surface area contributed by atoms with Gasteiger partial charge in [0.2, 0.25) is 5.91 Å². The van der Waals surface area contributed by atoms with Crippen LogP contribution in [0.4, 0.5) is 0 Å². The van der Waals surface area contributed by atoms with Crippen molar-refractivity contribution in [2.45, 2.75) is 39.7 Å². The minimum Gasteiger partial charge on any atom is -0.361 e. The molecule has 0 spiro atoms. The molecule has 0 saturated heterocycles. The summed E-state index contributed by atoms with van der Waals surface area (Å²) in [6, 6.07) is 7.54. The van der Waals surface area contributed by atoms with Gasteiger partial charge in [0.15, 0.2) is 0 Å². The molecule has 0 fully saturated rings. The lowest BCUT2D eigenvalue weighted by molar-refractivity contribution is -0.122. The maximum absolute atomic E-state index is 12.0. The van der Waals surface area contributed by atoms with Crippen LogP contribution in [0.15, 0.2) is 30.5 Å². The number of aromatic nitrogens is 1. The summed E-state index contributed by atoms with van der Waals surface area (Å²) in [6.45, 7) is 7.14. The molecule has 2 aromatic rings. The average Bonchev–Trinajstić information content (AvgIpc) is 2.80. The van der Waals surface area contributed by atoms with Gasteiger partial charge in [0.1, 0.15) is 0 Å². The molecule has 0 aliphatic heterocycles. The van der Waals surface area contributed by atoms with Gasteiger partial charge in [-0.1, -0.05) is 39.0 Å². The Hall–Kier alpha value is -1.81. The topological polar surface area (TPSA) is 70.9 Å². The molecule has 1 heterocycles. The monoisotopic (exact) mass is 287 g/mol. The van der Waals surface area contributed by atoms with E-state index >= 15 is 0 Å². The van der Waals surface area contributed by atoms with E-state index < -0.39 is 6.04 Å². The summed E-state index contributed by atoms with van der Waals surface area (Å²) in [4.78, 5) is 15.3. The molecule has 0 saturated carbocycles. The standard InChI is InChI=1S/C17H25N3O/c1-17(2,3)8-9-19-16(21)14(18)10-12-11-20-15-7-5-4-6-13(12)15/h4-7,11,14,20H,8-10,18H2,1-3H3,(H,19,21)/t14-/m1/s1. The minimum atomic E-state index is -0.510. The lowest BCUT2D eigenvalue weighted by atomic mass is 9.92. The Morgan fingerprint density at radius 3 is 2.76 bits per heavy atom. The Kier molecular flexibility index (Phi) is 4.68. The Labute approximate surface area is 126 Å². The number of nitrogens with one attached hydrogen (secondary N) is 2. The fourth-order valence-corrected chi connectivity index (χ4v) is 2.32. The third-order valence-electron chi connectivity index (χ3n) is 3.63. The Bertz CT molecular complexity index is 610. The highest BCUT2D eigenvalue weighted by Crippen LogP contribution is 2.19. The Balaban J connectivity index is 1.92. The van der Waals surface area contributed by atoms with Crippen molar-refractivity contribution in [3.05, 3.63) is 36.0 Å². The van der Waals surface area contributed by atoms with Crippen LogP contribution in [0.5, 0.6) is 0 Å². The number of para-hydroxylation sites is 1. The van der Waals surface area contributed by atoms with Gasteiger partial charge < -0.3 is 16.0 Å². The highest BCUT2D eigenvalue weighted by atomic mass is 16.2. The third kappa shape index (κ3) is 4.33. The first-order valence-corrected chi connectivity index (χ1v) is 7.45. The maximum atomic E-state index is 12.0. The largest absolute Gasteiger partial charge is 0.361 e. The lowest BCUT2D eigenvalue weighted by Gasteiger charge is -2.19. The van der Waals surface area contributed by atoms with Gasteiger partial charge in [-0.25, -0.2) is 0 Å². The zero-order valence-electron chi connectivity index (χ0n) is 13.1. The van der Waals surface area contributed by atoms with Crippen molar-refractivity contribution >= 4 is 16.8 Å². The Morgan fingerprint density at radius 1 is 1.33 bits per heavy atom. The second-order valence-corrected chi connectivity index (χ2v) is 6.77. The Morgan fingerprint density at radius 2 is 2.05 bits per heavy atom. The van der Waals surface area contributed by atoms with Gasteiger partial charge in [-0.3, -0.25) is 4.79 Å². The molecule has 0 radical (unpaired) electrons. The molecular formula is C17H25N3O. The summed E-state index contributed by atoms with van der Waals surface area (Å²) in [7, 11) is 0. The van der Waals surface area contributed by atoms with E-state index in [2.05, 4.69) is 31.1 Å². The molecule has 21 heavy (non-hydrogen) atoms. The number of rotatable bonds is 5. The van der Waals surface area contributed by atoms with Crippen LogP contribution in [0.1, 0.15) is 32.8 Å². The van der Waals surface area contributed by atoms with Crippen molar-refractivity contribution in [1.29, 1.82) is 0 Å². The molecule has 4 N–H and O–H groups in total. The van der Waals surface area contributed by atoms with Gasteiger partial charge >= 0.3 is 0 Å². The van der Waals surface area contributed by atoms with Crippen molar-refractivity contribution in [2.75, 3.05) is 6.54 Å². The molecule has 1 atom stereocenters. The van der Waals surface area contributed by atoms with E-state index in [4.69, 9.17) is 5.73 Å². The molecule has 114 valence electrons. The summed E-state index contributed by atoms with van der Waals surface area (Å²) in [5, 5.41) is 4.06. The van der Waals surface area contributed by atoms with Gasteiger partial charge in [0.25, 0.3) is 0 Å². The third-order valence-corrected chi connectivity index (χ3v) is 3.63. The van der Waals surface area contributed by atoms with E-state index in [1.165, 1.54) is 0 Å². The maximum Gasteiger partial charge on any atom is 0.237 e. The number of H-pyrrole nitrogens is 1. The first-order chi connectivity index (χ1) is 9.87. The van der Waals surface area contributed by atoms with E-state index in [9.17, 15) is 4.79 Å². The fraction of sp³-hybridized carbons (Fsp3) is 0.471. The van der Waals surface area contributed by atoms with Gasteiger partial charge in [-0.05, 0) is 29.9 Å². The lowest BCUT2D eigenvalue weighted by Crippen LogP contribution is -2.42. The zero-order chi connectivity index (χ0) is 15.5. The van der Waals surface area contributed by atoms with E-state index in [-0.39, 0.29) is 11.3 Å². The van der Waals surface area contributed by atoms with E-state index in [0.29, 0.717) is 13.0 Å². The number of hydrogen-bond donors (Lipinski definition) is 3. The average molecular weight is 287 g/mol. The number of amides is 1. The highest BCUT2D eigenvalue weighted by molar-refractivity contribution is 5.86. The summed E-state index contributed by atoms with van der Waals surface area (Å²) in [5.41, 5.74) is 8.40. The van der Waals surface area contributed by atoms with Crippen LogP contribution in [-0.4, -0.2) is 23.5 Å². The minimum absolute atomic E-state index is 0.0791. The smallest absolute Gasteiger partial charge is 0.237 e. The number of fused-ring (bicyclic) bond motifs is 1. The summed E-state index contributed by atoms with van der Waals surface area (Å²) in [6.07, 6.45) is 3.43. The van der Waals surface area contributed by atoms with Crippen molar-refractivity contribution in [2.24, 2.45) is 11.1 Å². The van der Waals surface area contributed by atoms with Crippen molar-refractivity contribution in [3.8, 4) is 0 Å². The van der Waals surface area contributed by atoms with Crippen LogP contribution in [-0.2, 0) is 11.2 Å². The van der Waals surface area contributed by atoms with E-state index in [0.717, 1.165) is 22.9 Å². The molecule has 4 heteroatoms. The van der Waals surface area contributed by atoms with Crippen molar-refractivity contribution in [3.63, 3.8) is 0 Å². The normalized spacial score (nSPS) is 13.3. The molecule has 0 bridgehead atoms. The van der Waals surface area contributed by atoms with Gasteiger partial charge in [0, 0.05) is 23.6 Å². The number of benzene rings is 1. The first kappa shape index (κ1) is 15.6. The summed E-state index contributed by atoms with van der Waals surface area (Å²) >= 11 is 0. The van der Waals surface area contributed by atoms with Crippen LogP contribution in [0.25, 0.3) is 10.9 Å². The van der Waals surface area contributed by atoms with Gasteiger partial charge in [-0.2, -0.15) is 0 Å². The zero-order valence-corrected chi connectivity index (χ0v) is 13.1. The summed E-state index contributed by atoms with van der Waals surface area (Å²) < 4.78 is 0. The molecule has 1 amide bonds. The van der Waals surface area contributed by atoms with Crippen LogP contribution in [0.3, 0.4) is 0 Å². The number of hydrogen-bond acceptors (Lipinski definition) is 2. The second kappa shape index (κ2) is 6.31. The van der Waals surface area contributed by atoms with Crippen LogP contribution >= 0.6 is 0 Å². The highest BCUT2D eigenvalue weighted by Gasteiger charge is 2.17. The molecular weight excluding hydrogens is 262 g/mol. The fourth-order valence-electron chi connectivity index (χ4n) is 2.32. The molecule has 1 aromatic carbocycles. The predicted octanol–water partition coefficient (Wildman–Crippen LogP) is 2.59. The first-order valence-electron chi connectivity index (χ1n) is 7.45. The van der Waals surface area contributed by atoms with Gasteiger partial charge in [0.05, 0.1) is 6.04 Å². The molecule has 0 aliphatic carbocycles. The van der Waals surface area contributed by atoms with E-state index in [1.54, 1.807) is 0 Å². The van der Waals surface area contributed by atoms with Crippen LogP contribution < -0.4 is 11.1 Å². The quantitative estimate of drug-likeness (QED) is 0.791. The van der Waals surface area contributed by atoms with Crippen molar-refractivity contribution < 1.29 is 4.79 Å². The molecule has 0 aliphatic rings. The van der Waals surface area contributed by atoms with Crippen molar-refractivity contribution in [1.82, 2.24) is 10.3 Å². The van der Waals surface area contributed by atoms with E-state index in [1.807, 2.05) is 30.5 Å². The summed E-state index contributed by atoms with van der Waals surface area (Å²) in [5.74, 6) is -0.0791. The molecule has 1 aromatic heterocycles.